The Morgan fingerprint density at radius 2 is 0.683 bits per heavy atom. The molecule has 1 heterocycles. The van der Waals surface area contributed by atoms with E-state index in [1.807, 2.05) is 24.3 Å². The average Bonchev–Trinajstić information content (AvgIpc) is 3.41. The maximum Gasteiger partial charge on any atom is 0.150 e. The topological polar surface area (TPSA) is 18.5 Å². The van der Waals surface area contributed by atoms with E-state index in [0.717, 1.165) is 11.5 Å². The van der Waals surface area contributed by atoms with E-state index in [1.165, 1.54) is 41.4 Å². The Morgan fingerprint density at radius 1 is 0.366 bits per heavy atom. The van der Waals surface area contributed by atoms with Gasteiger partial charge in [0.2, 0.25) is 0 Å². The summed E-state index contributed by atoms with van der Waals surface area (Å²) in [5, 5.41) is 7.25. The lowest BCUT2D eigenvalue weighted by molar-refractivity contribution is 0.631. The molecule has 0 atom stereocenters. The molecular formula is C36H26O2P2S. The minimum absolute atomic E-state index is 0.885. The lowest BCUT2D eigenvalue weighted by Gasteiger charge is -2.19. The summed E-state index contributed by atoms with van der Waals surface area (Å²) < 4.78 is 15.8. The fourth-order valence-electron chi connectivity index (χ4n) is 4.82. The number of hydrogen-bond acceptors (Lipinski definition) is 3. The summed E-state index contributed by atoms with van der Waals surface area (Å²) >= 11 is 1.78. The first-order valence-corrected chi connectivity index (χ1v) is 16.8. The van der Waals surface area contributed by atoms with Crippen LogP contribution in [0.4, 0.5) is 0 Å². The number of hydrogen-bond donors (Lipinski definition) is 0. The predicted molar refractivity (Wildman–Crippen MR) is 179 cm³/mol. The third-order valence-corrected chi connectivity index (χ3v) is 11.7. The SMILES string of the molecule is c1ccc(P(Oc2ccc3c(c2)sc2cc(OP(c4ccccc4)c4ccccc4)ccc23)c2ccccc2)cc1. The lowest BCUT2D eigenvalue weighted by atomic mass is 10.1. The van der Waals surface area contributed by atoms with Gasteiger partial charge >= 0.3 is 0 Å². The second kappa shape index (κ2) is 11.9. The van der Waals surface area contributed by atoms with E-state index in [1.54, 1.807) is 11.3 Å². The monoisotopic (exact) mass is 584 g/mol. The van der Waals surface area contributed by atoms with Gasteiger partial charge in [0.25, 0.3) is 0 Å². The van der Waals surface area contributed by atoms with E-state index in [4.69, 9.17) is 9.05 Å². The fourth-order valence-corrected chi connectivity index (χ4v) is 9.43. The Morgan fingerprint density at radius 3 is 1.00 bits per heavy atom. The minimum atomic E-state index is -0.979. The van der Waals surface area contributed by atoms with E-state index in [0.29, 0.717) is 0 Å². The standard InChI is InChI=1S/C36H26O2P2S/c1-5-13-29(14-6-1)39(30-15-7-2-8-16-30)37-27-21-23-33-34-24-22-28(26-36(34)41-35(33)25-27)38-40(31-17-9-3-10-18-31)32-19-11-4-12-20-32/h1-26H. The van der Waals surface area contributed by atoms with Crippen molar-refractivity contribution in [3.63, 3.8) is 0 Å². The highest BCUT2D eigenvalue weighted by Crippen LogP contribution is 2.43. The zero-order chi connectivity index (χ0) is 27.4. The third kappa shape index (κ3) is 5.63. The Bertz CT molecular complexity index is 1670. The van der Waals surface area contributed by atoms with Gasteiger partial charge in [0.15, 0.2) is 16.3 Å². The summed E-state index contributed by atoms with van der Waals surface area (Å²) in [6.45, 7) is 0. The molecule has 41 heavy (non-hydrogen) atoms. The Labute approximate surface area is 246 Å². The molecule has 0 radical (unpaired) electrons. The van der Waals surface area contributed by atoms with Crippen molar-refractivity contribution in [2.75, 3.05) is 0 Å². The molecule has 0 N–H and O–H groups in total. The van der Waals surface area contributed by atoms with Crippen molar-refractivity contribution < 1.29 is 9.05 Å². The van der Waals surface area contributed by atoms with E-state index in [9.17, 15) is 0 Å². The predicted octanol–water partition coefficient (Wildman–Crippen LogP) is 8.91. The van der Waals surface area contributed by atoms with Crippen LogP contribution in [0.25, 0.3) is 20.2 Å². The molecule has 0 spiro atoms. The van der Waals surface area contributed by atoms with Crippen molar-refractivity contribution in [3.8, 4) is 11.5 Å². The average molecular weight is 585 g/mol. The van der Waals surface area contributed by atoms with Crippen molar-refractivity contribution in [1.82, 2.24) is 0 Å². The second-order valence-corrected chi connectivity index (χ2v) is 14.2. The molecule has 0 bridgehead atoms. The molecule has 5 heteroatoms. The van der Waals surface area contributed by atoms with Crippen LogP contribution in [0.3, 0.4) is 0 Å². The van der Waals surface area contributed by atoms with Gasteiger partial charge in [-0.1, -0.05) is 121 Å². The normalized spacial score (nSPS) is 11.4. The van der Waals surface area contributed by atoms with Crippen LogP contribution in [-0.2, 0) is 0 Å². The van der Waals surface area contributed by atoms with Gasteiger partial charge < -0.3 is 9.05 Å². The van der Waals surface area contributed by atoms with Crippen LogP contribution in [-0.4, -0.2) is 0 Å². The van der Waals surface area contributed by atoms with Gasteiger partial charge in [0.05, 0.1) is 0 Å². The zero-order valence-corrected chi connectivity index (χ0v) is 24.7. The van der Waals surface area contributed by atoms with Crippen molar-refractivity contribution in [3.05, 3.63) is 158 Å². The molecule has 0 saturated carbocycles. The van der Waals surface area contributed by atoms with Crippen LogP contribution in [0.15, 0.2) is 158 Å². The molecule has 198 valence electrons. The summed E-state index contributed by atoms with van der Waals surface area (Å²) in [6, 6.07) is 55.0. The van der Waals surface area contributed by atoms with Crippen molar-refractivity contribution in [1.29, 1.82) is 0 Å². The first kappa shape index (κ1) is 25.9. The molecule has 2 nitrogen and oxygen atoms in total. The first-order chi connectivity index (χ1) is 20.3. The maximum atomic E-state index is 6.71. The molecule has 6 aromatic carbocycles. The molecule has 0 unspecified atom stereocenters. The van der Waals surface area contributed by atoms with Crippen LogP contribution >= 0.6 is 27.6 Å². The molecule has 0 saturated heterocycles. The molecule has 0 aliphatic rings. The van der Waals surface area contributed by atoms with Crippen LogP contribution < -0.4 is 30.3 Å². The largest absolute Gasteiger partial charge is 0.464 e. The number of fused-ring (bicyclic) bond motifs is 3. The molecule has 0 amide bonds. The third-order valence-electron chi connectivity index (χ3n) is 6.77. The highest BCUT2D eigenvalue weighted by Gasteiger charge is 2.19. The molecule has 0 aliphatic carbocycles. The smallest absolute Gasteiger partial charge is 0.150 e. The minimum Gasteiger partial charge on any atom is -0.464 e. The van der Waals surface area contributed by atoms with Crippen LogP contribution in [0, 0.1) is 0 Å². The van der Waals surface area contributed by atoms with Gasteiger partial charge in [-0.05, 0) is 36.4 Å². The zero-order valence-electron chi connectivity index (χ0n) is 22.1. The van der Waals surface area contributed by atoms with Gasteiger partial charge in [0.1, 0.15) is 11.5 Å². The van der Waals surface area contributed by atoms with Gasteiger partial charge in [-0.25, -0.2) is 0 Å². The lowest BCUT2D eigenvalue weighted by Crippen LogP contribution is -2.15. The number of rotatable bonds is 8. The summed E-state index contributed by atoms with van der Waals surface area (Å²) in [6.07, 6.45) is 0. The van der Waals surface area contributed by atoms with Crippen LogP contribution in [0.2, 0.25) is 0 Å². The number of thiophene rings is 1. The molecule has 0 aliphatic heterocycles. The quantitative estimate of drug-likeness (QED) is 0.166. The summed E-state index contributed by atoms with van der Waals surface area (Å²) in [7, 11) is -1.96. The van der Waals surface area contributed by atoms with Crippen LogP contribution in [0.5, 0.6) is 11.5 Å². The van der Waals surface area contributed by atoms with Gasteiger partial charge in [-0.3, -0.25) is 0 Å². The molecule has 1 aromatic heterocycles. The van der Waals surface area contributed by atoms with Gasteiger partial charge in [0, 0.05) is 41.4 Å². The molecule has 7 rings (SSSR count). The highest BCUT2D eigenvalue weighted by molar-refractivity contribution is 7.69. The van der Waals surface area contributed by atoms with E-state index < -0.39 is 16.3 Å². The Hall–Kier alpha value is -4.00. The van der Waals surface area contributed by atoms with E-state index in [2.05, 4.69) is 133 Å². The first-order valence-electron chi connectivity index (χ1n) is 13.4. The molecular weight excluding hydrogens is 558 g/mol. The maximum absolute atomic E-state index is 6.71. The Balaban J connectivity index is 1.21. The van der Waals surface area contributed by atoms with Crippen molar-refractivity contribution in [2.24, 2.45) is 0 Å². The van der Waals surface area contributed by atoms with Crippen molar-refractivity contribution in [2.45, 2.75) is 0 Å². The van der Waals surface area contributed by atoms with E-state index >= 15 is 0 Å². The van der Waals surface area contributed by atoms with Crippen LogP contribution in [0.1, 0.15) is 0 Å². The Kier molecular flexibility index (Phi) is 7.50. The second-order valence-electron chi connectivity index (χ2n) is 9.53. The molecule has 0 fully saturated rings. The van der Waals surface area contributed by atoms with Gasteiger partial charge in [-0.15, -0.1) is 11.3 Å². The molecule has 7 aromatic rings. The van der Waals surface area contributed by atoms with E-state index in [-0.39, 0.29) is 0 Å². The summed E-state index contributed by atoms with van der Waals surface area (Å²) in [5.41, 5.74) is 0. The van der Waals surface area contributed by atoms with Crippen molar-refractivity contribution >= 4 is 69.0 Å². The summed E-state index contributed by atoms with van der Waals surface area (Å²) in [5.74, 6) is 1.77. The highest BCUT2D eigenvalue weighted by atomic mass is 32.1. The van der Waals surface area contributed by atoms with Gasteiger partial charge in [-0.2, -0.15) is 0 Å². The number of benzene rings is 6. The summed E-state index contributed by atoms with van der Waals surface area (Å²) in [4.78, 5) is 0. The fraction of sp³-hybridized carbons (Fsp3) is 0.